The Morgan fingerprint density at radius 2 is 2.00 bits per heavy atom. The van der Waals surface area contributed by atoms with E-state index in [1.807, 2.05) is 54.0 Å². The Hall–Kier alpha value is -1.71. The molecule has 2 rings (SSSR count). The third kappa shape index (κ3) is 4.38. The monoisotopic (exact) mass is 290 g/mol. The smallest absolute Gasteiger partial charge is 0.319 e. The third-order valence-electron chi connectivity index (χ3n) is 4.13. The number of para-hydroxylation sites is 1. The van der Waals surface area contributed by atoms with Gasteiger partial charge in [-0.1, -0.05) is 18.2 Å². The van der Waals surface area contributed by atoms with Crippen LogP contribution in [0, 0.1) is 5.92 Å². The second kappa shape index (κ2) is 7.91. The molecule has 0 saturated carbocycles. The molecule has 1 aliphatic heterocycles. The Bertz CT molecular complexity index is 432. The molecular formula is C17H26N2O2. The van der Waals surface area contributed by atoms with E-state index in [4.69, 9.17) is 4.74 Å². The van der Waals surface area contributed by atoms with Crippen LogP contribution < -0.4 is 4.74 Å². The molecule has 1 saturated heterocycles. The Morgan fingerprint density at radius 3 is 2.67 bits per heavy atom. The van der Waals surface area contributed by atoms with Crippen molar-refractivity contribution in [2.24, 2.45) is 5.92 Å². The molecule has 1 aromatic carbocycles. The predicted octanol–water partition coefficient (Wildman–Crippen LogP) is 3.24. The fraction of sp³-hybridized carbons (Fsp3) is 0.588. The Labute approximate surface area is 127 Å². The molecule has 116 valence electrons. The van der Waals surface area contributed by atoms with E-state index in [0.717, 1.165) is 51.4 Å². The Balaban J connectivity index is 1.71. The molecule has 4 nitrogen and oxygen atoms in total. The molecule has 0 unspecified atom stereocenters. The minimum atomic E-state index is 0.187. The maximum Gasteiger partial charge on any atom is 0.319 e. The van der Waals surface area contributed by atoms with Crippen LogP contribution in [0.25, 0.3) is 0 Å². The number of rotatable bonds is 6. The normalized spacial score (nSPS) is 17.8. The van der Waals surface area contributed by atoms with Gasteiger partial charge < -0.3 is 14.5 Å². The first-order valence-electron chi connectivity index (χ1n) is 7.96. The maximum atomic E-state index is 12.3. The van der Waals surface area contributed by atoms with Crippen molar-refractivity contribution in [3.63, 3.8) is 0 Å². The molecule has 1 atom stereocenters. The fourth-order valence-corrected chi connectivity index (χ4v) is 2.80. The van der Waals surface area contributed by atoms with Gasteiger partial charge in [0.2, 0.25) is 0 Å². The van der Waals surface area contributed by atoms with E-state index >= 15 is 0 Å². The van der Waals surface area contributed by atoms with Crippen molar-refractivity contribution >= 4 is 6.03 Å². The van der Waals surface area contributed by atoms with Gasteiger partial charge in [-0.2, -0.15) is 0 Å². The number of carbonyl (C=O) groups excluding carboxylic acids is 1. The minimum Gasteiger partial charge on any atom is -0.494 e. The molecule has 1 heterocycles. The second-order valence-corrected chi connectivity index (χ2v) is 5.51. The van der Waals surface area contributed by atoms with Crippen molar-refractivity contribution in [3.8, 4) is 5.75 Å². The summed E-state index contributed by atoms with van der Waals surface area (Å²) in [6, 6.07) is 10.1. The first-order valence-corrected chi connectivity index (χ1v) is 7.96. The summed E-state index contributed by atoms with van der Waals surface area (Å²) in [5.74, 6) is 1.49. The lowest BCUT2D eigenvalue weighted by Gasteiger charge is -2.26. The highest BCUT2D eigenvalue weighted by atomic mass is 16.5. The van der Waals surface area contributed by atoms with Gasteiger partial charge in [0.1, 0.15) is 5.75 Å². The van der Waals surface area contributed by atoms with E-state index in [0.29, 0.717) is 5.92 Å². The number of carbonyl (C=O) groups is 1. The van der Waals surface area contributed by atoms with Gasteiger partial charge >= 0.3 is 6.03 Å². The first kappa shape index (κ1) is 15.7. The van der Waals surface area contributed by atoms with Gasteiger partial charge in [0, 0.05) is 26.2 Å². The van der Waals surface area contributed by atoms with Gasteiger partial charge in [-0.15, -0.1) is 0 Å². The topological polar surface area (TPSA) is 32.8 Å². The highest BCUT2D eigenvalue weighted by Crippen LogP contribution is 2.21. The van der Waals surface area contributed by atoms with Crippen LogP contribution in [0.15, 0.2) is 30.3 Å². The van der Waals surface area contributed by atoms with Gasteiger partial charge in [0.15, 0.2) is 0 Å². The zero-order valence-corrected chi connectivity index (χ0v) is 13.1. The Kier molecular flexibility index (Phi) is 5.90. The van der Waals surface area contributed by atoms with Crippen molar-refractivity contribution in [2.45, 2.75) is 26.7 Å². The van der Waals surface area contributed by atoms with Crippen LogP contribution in [0.1, 0.15) is 26.7 Å². The van der Waals surface area contributed by atoms with Crippen LogP contribution in [-0.2, 0) is 0 Å². The molecule has 4 heteroatoms. The van der Waals surface area contributed by atoms with Crippen molar-refractivity contribution < 1.29 is 9.53 Å². The van der Waals surface area contributed by atoms with Crippen LogP contribution in [0.3, 0.4) is 0 Å². The molecule has 1 aromatic rings. The molecular weight excluding hydrogens is 264 g/mol. The highest BCUT2D eigenvalue weighted by Gasteiger charge is 2.28. The van der Waals surface area contributed by atoms with E-state index < -0.39 is 0 Å². The maximum absolute atomic E-state index is 12.3. The molecule has 0 N–H and O–H groups in total. The summed E-state index contributed by atoms with van der Waals surface area (Å²) in [6.07, 6.45) is 2.10. The summed E-state index contributed by atoms with van der Waals surface area (Å²) in [4.78, 5) is 16.1. The molecule has 0 aliphatic carbocycles. The summed E-state index contributed by atoms with van der Waals surface area (Å²) >= 11 is 0. The van der Waals surface area contributed by atoms with Crippen LogP contribution >= 0.6 is 0 Å². The summed E-state index contributed by atoms with van der Waals surface area (Å²) in [5, 5.41) is 0. The summed E-state index contributed by atoms with van der Waals surface area (Å²) in [7, 11) is 0. The number of ether oxygens (including phenoxy) is 1. The lowest BCUT2D eigenvalue weighted by molar-refractivity contribution is 0.165. The SMILES string of the molecule is CCN(CC)C(=O)N1CC[C@H](CCOc2ccccc2)C1. The molecule has 1 fully saturated rings. The highest BCUT2D eigenvalue weighted by molar-refractivity contribution is 5.74. The average Bonchev–Trinajstić information content (AvgIpc) is 2.98. The first-order chi connectivity index (χ1) is 10.2. The van der Waals surface area contributed by atoms with Crippen molar-refractivity contribution in [1.29, 1.82) is 0 Å². The standard InChI is InChI=1S/C17H26N2O2/c1-3-18(4-2)17(20)19-12-10-15(14-19)11-13-21-16-8-6-5-7-9-16/h5-9,15H,3-4,10-14H2,1-2H3/t15-/m1/s1. The van der Waals surface area contributed by atoms with Gasteiger partial charge in [-0.25, -0.2) is 4.79 Å². The molecule has 0 radical (unpaired) electrons. The summed E-state index contributed by atoms with van der Waals surface area (Å²) < 4.78 is 5.74. The zero-order valence-electron chi connectivity index (χ0n) is 13.1. The van der Waals surface area contributed by atoms with Crippen molar-refractivity contribution in [3.05, 3.63) is 30.3 Å². The zero-order chi connectivity index (χ0) is 15.1. The lowest BCUT2D eigenvalue weighted by Crippen LogP contribution is -2.41. The van der Waals surface area contributed by atoms with E-state index in [9.17, 15) is 4.79 Å². The van der Waals surface area contributed by atoms with Crippen LogP contribution in [0.2, 0.25) is 0 Å². The van der Waals surface area contributed by atoms with Gasteiger partial charge in [0.25, 0.3) is 0 Å². The van der Waals surface area contributed by atoms with E-state index in [1.54, 1.807) is 0 Å². The molecule has 1 aliphatic rings. The quantitative estimate of drug-likeness (QED) is 0.805. The number of hydrogen-bond donors (Lipinski definition) is 0. The fourth-order valence-electron chi connectivity index (χ4n) is 2.80. The van der Waals surface area contributed by atoms with Crippen LogP contribution in [0.4, 0.5) is 4.79 Å². The number of amides is 2. The van der Waals surface area contributed by atoms with Gasteiger partial charge in [-0.3, -0.25) is 0 Å². The number of urea groups is 1. The van der Waals surface area contributed by atoms with Gasteiger partial charge in [0.05, 0.1) is 6.61 Å². The van der Waals surface area contributed by atoms with Crippen molar-refractivity contribution in [2.75, 3.05) is 32.8 Å². The largest absolute Gasteiger partial charge is 0.494 e. The van der Waals surface area contributed by atoms with E-state index in [2.05, 4.69) is 0 Å². The van der Waals surface area contributed by atoms with Gasteiger partial charge in [-0.05, 0) is 44.7 Å². The molecule has 0 aromatic heterocycles. The summed E-state index contributed by atoms with van der Waals surface area (Å²) in [6.45, 7) is 8.10. The average molecular weight is 290 g/mol. The second-order valence-electron chi connectivity index (χ2n) is 5.51. The third-order valence-corrected chi connectivity index (χ3v) is 4.13. The Morgan fingerprint density at radius 1 is 1.29 bits per heavy atom. The molecule has 21 heavy (non-hydrogen) atoms. The number of benzene rings is 1. The predicted molar refractivity (Wildman–Crippen MR) is 84.6 cm³/mol. The molecule has 0 spiro atoms. The molecule has 0 bridgehead atoms. The van der Waals surface area contributed by atoms with Crippen LogP contribution in [-0.4, -0.2) is 48.6 Å². The number of likely N-dealkylation sites (tertiary alicyclic amines) is 1. The van der Waals surface area contributed by atoms with Crippen LogP contribution in [0.5, 0.6) is 5.75 Å². The minimum absolute atomic E-state index is 0.187. The van der Waals surface area contributed by atoms with E-state index in [1.165, 1.54) is 0 Å². The van der Waals surface area contributed by atoms with Crippen molar-refractivity contribution in [1.82, 2.24) is 9.80 Å². The summed E-state index contributed by atoms with van der Waals surface area (Å²) in [5.41, 5.74) is 0. The van der Waals surface area contributed by atoms with E-state index in [-0.39, 0.29) is 6.03 Å². The lowest BCUT2D eigenvalue weighted by atomic mass is 10.1. The number of nitrogens with zero attached hydrogens (tertiary/aromatic N) is 2. The number of hydrogen-bond acceptors (Lipinski definition) is 2. The molecule has 2 amide bonds.